The lowest BCUT2D eigenvalue weighted by molar-refractivity contribution is 0.433. The lowest BCUT2D eigenvalue weighted by atomic mass is 10.1. The fourth-order valence-corrected chi connectivity index (χ4v) is 1.49. The molecular formula is C12H16O2. The molecule has 0 aliphatic carbocycles. The van der Waals surface area contributed by atoms with Gasteiger partial charge in [-0.2, -0.15) is 0 Å². The van der Waals surface area contributed by atoms with Crippen molar-refractivity contribution in [1.29, 1.82) is 0 Å². The van der Waals surface area contributed by atoms with E-state index in [2.05, 4.69) is 6.58 Å². The lowest BCUT2D eigenvalue weighted by Crippen LogP contribution is -2.39. The second-order valence-electron chi connectivity index (χ2n) is 3.71. The largest absolute Gasteiger partial charge is 0.461 e. The van der Waals surface area contributed by atoms with Crippen molar-refractivity contribution < 1.29 is 4.42 Å². The number of hydrogen-bond acceptors (Lipinski definition) is 2. The number of rotatable bonds is 1. The van der Waals surface area contributed by atoms with Crippen molar-refractivity contribution >= 4 is 12.7 Å². The first-order chi connectivity index (χ1) is 6.49. The Hall–Kier alpha value is -1.31. The van der Waals surface area contributed by atoms with Gasteiger partial charge in [0.05, 0.1) is 5.22 Å². The molecule has 0 bridgehead atoms. The van der Waals surface area contributed by atoms with Crippen molar-refractivity contribution in [3.63, 3.8) is 0 Å². The third kappa shape index (κ3) is 1.65. The molecular weight excluding hydrogens is 176 g/mol. The van der Waals surface area contributed by atoms with Crippen LogP contribution in [0.3, 0.4) is 0 Å². The molecule has 0 saturated heterocycles. The first kappa shape index (κ1) is 10.8. The van der Waals surface area contributed by atoms with E-state index in [1.165, 1.54) is 0 Å². The van der Waals surface area contributed by atoms with Crippen molar-refractivity contribution in [2.24, 2.45) is 0 Å². The highest BCUT2D eigenvalue weighted by atomic mass is 16.3. The second kappa shape index (κ2) is 3.82. The van der Waals surface area contributed by atoms with Crippen molar-refractivity contribution in [2.75, 3.05) is 0 Å². The van der Waals surface area contributed by atoms with E-state index >= 15 is 0 Å². The molecule has 1 aromatic rings. The molecule has 0 atom stereocenters. The molecule has 0 aliphatic heterocycles. The minimum Gasteiger partial charge on any atom is -0.461 e. The van der Waals surface area contributed by atoms with Crippen LogP contribution in [0.5, 0.6) is 0 Å². The van der Waals surface area contributed by atoms with Crippen LogP contribution >= 0.6 is 0 Å². The highest BCUT2D eigenvalue weighted by Crippen LogP contribution is 2.12. The van der Waals surface area contributed by atoms with E-state index < -0.39 is 0 Å². The third-order valence-electron chi connectivity index (χ3n) is 2.29. The van der Waals surface area contributed by atoms with Crippen LogP contribution in [0, 0.1) is 6.92 Å². The van der Waals surface area contributed by atoms with E-state index in [-0.39, 0.29) is 11.3 Å². The maximum atomic E-state index is 11.7. The highest BCUT2D eigenvalue weighted by molar-refractivity contribution is 5.25. The Bertz CT molecular complexity index is 492. The molecule has 2 nitrogen and oxygen atoms in total. The van der Waals surface area contributed by atoms with Crippen LogP contribution in [-0.4, -0.2) is 0 Å². The fraction of sp³-hybridized carbons (Fsp3) is 0.417. The zero-order valence-electron chi connectivity index (χ0n) is 9.18. The summed E-state index contributed by atoms with van der Waals surface area (Å²) < 4.78 is 5.61. The zero-order chi connectivity index (χ0) is 10.9. The Kier molecular flexibility index (Phi) is 2.94. The van der Waals surface area contributed by atoms with Crippen molar-refractivity contribution in [3.05, 3.63) is 32.2 Å². The van der Waals surface area contributed by atoms with Crippen LogP contribution in [0.2, 0.25) is 0 Å². The first-order valence-electron chi connectivity index (χ1n) is 4.78. The summed E-state index contributed by atoms with van der Waals surface area (Å²) in [6, 6.07) is 0. The molecule has 14 heavy (non-hydrogen) atoms. The predicted octanol–water partition coefficient (Wildman–Crippen LogP) is 1.28. The molecule has 0 radical (unpaired) electrons. The van der Waals surface area contributed by atoms with Gasteiger partial charge in [0.25, 0.3) is 0 Å². The van der Waals surface area contributed by atoms with Gasteiger partial charge in [-0.15, -0.1) is 0 Å². The summed E-state index contributed by atoms with van der Waals surface area (Å²) in [5.41, 5.74) is 1.26. The summed E-state index contributed by atoms with van der Waals surface area (Å²) in [7, 11) is 0. The average molecular weight is 192 g/mol. The Morgan fingerprint density at radius 3 is 2.43 bits per heavy atom. The Morgan fingerprint density at radius 2 is 2.00 bits per heavy atom. The SMILES string of the molecule is C=c1c(=O)c(C)c(C(C)C)o/c1=C\C. The molecule has 0 N–H and O–H groups in total. The Labute approximate surface area is 83.6 Å². The number of hydrogen-bond donors (Lipinski definition) is 0. The van der Waals surface area contributed by atoms with Crippen molar-refractivity contribution in [1.82, 2.24) is 0 Å². The van der Waals surface area contributed by atoms with Gasteiger partial charge in [-0.3, -0.25) is 4.79 Å². The van der Waals surface area contributed by atoms with Crippen LogP contribution in [0.25, 0.3) is 12.7 Å². The molecule has 2 heteroatoms. The van der Waals surface area contributed by atoms with Gasteiger partial charge in [0.2, 0.25) is 0 Å². The average Bonchev–Trinajstić information content (AvgIpc) is 2.14. The zero-order valence-corrected chi connectivity index (χ0v) is 9.18. The van der Waals surface area contributed by atoms with Gasteiger partial charge in [0.1, 0.15) is 11.2 Å². The quantitative estimate of drug-likeness (QED) is 0.671. The van der Waals surface area contributed by atoms with Crippen molar-refractivity contribution in [2.45, 2.75) is 33.6 Å². The normalized spacial score (nSPS) is 12.5. The standard InChI is InChI=1S/C12H16O2/c1-6-10-8(4)11(13)9(5)12(14-10)7(2)3/h6-7H,4H2,1-3,5H3/b10-6-. The van der Waals surface area contributed by atoms with Crippen molar-refractivity contribution in [3.8, 4) is 0 Å². The maximum Gasteiger partial charge on any atom is 0.195 e. The molecule has 0 fully saturated rings. The van der Waals surface area contributed by atoms with Crippen LogP contribution in [0.1, 0.15) is 38.0 Å². The Morgan fingerprint density at radius 1 is 1.43 bits per heavy atom. The summed E-state index contributed by atoms with van der Waals surface area (Å²) in [5.74, 6) is 0.984. The summed E-state index contributed by atoms with van der Waals surface area (Å²) >= 11 is 0. The van der Waals surface area contributed by atoms with E-state index in [1.807, 2.05) is 20.8 Å². The topological polar surface area (TPSA) is 30.2 Å². The van der Waals surface area contributed by atoms with Crippen LogP contribution < -0.4 is 16.1 Å². The summed E-state index contributed by atoms with van der Waals surface area (Å²) in [5, 5.41) is 0.453. The van der Waals surface area contributed by atoms with Gasteiger partial charge >= 0.3 is 0 Å². The predicted molar refractivity (Wildman–Crippen MR) is 58.7 cm³/mol. The van der Waals surface area contributed by atoms with Gasteiger partial charge < -0.3 is 4.42 Å². The van der Waals surface area contributed by atoms with Crippen LogP contribution in [0.15, 0.2) is 9.21 Å². The van der Waals surface area contributed by atoms with Crippen LogP contribution in [0.4, 0.5) is 0 Å². The molecule has 0 unspecified atom stereocenters. The molecule has 0 spiro atoms. The summed E-state index contributed by atoms with van der Waals surface area (Å²) in [6.07, 6.45) is 1.77. The van der Waals surface area contributed by atoms with Gasteiger partial charge in [0, 0.05) is 11.5 Å². The van der Waals surface area contributed by atoms with Gasteiger partial charge in [-0.1, -0.05) is 20.4 Å². The monoisotopic (exact) mass is 192 g/mol. The van der Waals surface area contributed by atoms with E-state index in [0.29, 0.717) is 16.2 Å². The van der Waals surface area contributed by atoms with Gasteiger partial charge in [-0.25, -0.2) is 0 Å². The molecule has 0 aromatic carbocycles. The third-order valence-corrected chi connectivity index (χ3v) is 2.29. The second-order valence-corrected chi connectivity index (χ2v) is 3.71. The maximum absolute atomic E-state index is 11.7. The molecule has 0 aliphatic rings. The minimum atomic E-state index is -0.00644. The van der Waals surface area contributed by atoms with E-state index in [1.54, 1.807) is 13.0 Å². The van der Waals surface area contributed by atoms with E-state index in [4.69, 9.17) is 4.42 Å². The molecule has 0 amide bonds. The van der Waals surface area contributed by atoms with Crippen LogP contribution in [-0.2, 0) is 0 Å². The molecule has 1 heterocycles. The molecule has 1 aromatic heterocycles. The van der Waals surface area contributed by atoms with E-state index in [0.717, 1.165) is 5.76 Å². The highest BCUT2D eigenvalue weighted by Gasteiger charge is 2.10. The van der Waals surface area contributed by atoms with E-state index in [9.17, 15) is 4.79 Å². The Balaban J connectivity index is 3.76. The molecule has 76 valence electrons. The minimum absolute atomic E-state index is 0.00644. The first-order valence-corrected chi connectivity index (χ1v) is 4.78. The van der Waals surface area contributed by atoms with Gasteiger partial charge in [0.15, 0.2) is 5.43 Å². The fourth-order valence-electron chi connectivity index (χ4n) is 1.49. The molecule has 0 saturated carbocycles. The summed E-state index contributed by atoms with van der Waals surface area (Å²) in [6.45, 7) is 11.4. The smallest absolute Gasteiger partial charge is 0.195 e. The summed E-state index contributed by atoms with van der Waals surface area (Å²) in [4.78, 5) is 11.7. The lowest BCUT2D eigenvalue weighted by Gasteiger charge is -2.07. The van der Waals surface area contributed by atoms with Gasteiger partial charge in [-0.05, 0) is 19.9 Å². The molecule has 1 rings (SSSR count).